The molecule has 140 valence electrons. The van der Waals surface area contributed by atoms with Crippen molar-refractivity contribution in [2.45, 2.75) is 26.4 Å². The number of likely N-dealkylation sites (N-methyl/N-ethyl adjacent to an activating group) is 1. The van der Waals surface area contributed by atoms with Gasteiger partial charge in [0.25, 0.3) is 0 Å². The van der Waals surface area contributed by atoms with E-state index >= 15 is 0 Å². The van der Waals surface area contributed by atoms with E-state index < -0.39 is 0 Å². The van der Waals surface area contributed by atoms with E-state index in [9.17, 15) is 0 Å². The molecule has 0 aromatic carbocycles. The van der Waals surface area contributed by atoms with Crippen LogP contribution in [0.2, 0.25) is 0 Å². The van der Waals surface area contributed by atoms with Crippen LogP contribution in [-0.4, -0.2) is 75.4 Å². The average molecular weight is 348 g/mol. The van der Waals surface area contributed by atoms with Gasteiger partial charge in [-0.15, -0.1) is 0 Å². The number of methoxy groups -OCH3 is 1. The summed E-state index contributed by atoms with van der Waals surface area (Å²) in [6, 6.07) is 4.39. The predicted molar refractivity (Wildman–Crippen MR) is 103 cm³/mol. The maximum atomic E-state index is 5.17. The van der Waals surface area contributed by atoms with Crippen LogP contribution in [0, 0.1) is 0 Å². The Bertz CT molecular complexity index is 542. The standard InChI is InChI=1S/C18H32N6O/c1-5-19-18(22-15(2)14-25-4)21-13-16-6-7-20-17(12-16)24-10-8-23(3)9-11-24/h6-7,12,15H,5,8-11,13-14H2,1-4H3,(H2,19,21,22). The van der Waals surface area contributed by atoms with Crippen molar-refractivity contribution in [2.75, 3.05) is 58.4 Å². The van der Waals surface area contributed by atoms with Gasteiger partial charge >= 0.3 is 0 Å². The quantitative estimate of drug-likeness (QED) is 0.564. The lowest BCUT2D eigenvalue weighted by Crippen LogP contribution is -2.44. The molecular formula is C18H32N6O. The van der Waals surface area contributed by atoms with Crippen LogP contribution in [0.1, 0.15) is 19.4 Å². The second-order valence-electron chi connectivity index (χ2n) is 6.51. The molecule has 1 aromatic heterocycles. The van der Waals surface area contributed by atoms with Crippen LogP contribution >= 0.6 is 0 Å². The number of anilines is 1. The smallest absolute Gasteiger partial charge is 0.191 e. The molecule has 0 spiro atoms. The van der Waals surface area contributed by atoms with E-state index in [-0.39, 0.29) is 6.04 Å². The molecule has 0 bridgehead atoms. The molecule has 7 nitrogen and oxygen atoms in total. The summed E-state index contributed by atoms with van der Waals surface area (Å²) < 4.78 is 5.17. The minimum absolute atomic E-state index is 0.209. The van der Waals surface area contributed by atoms with Crippen LogP contribution in [0.4, 0.5) is 5.82 Å². The van der Waals surface area contributed by atoms with Crippen molar-refractivity contribution in [2.24, 2.45) is 4.99 Å². The molecule has 0 radical (unpaired) electrons. The molecule has 0 saturated carbocycles. The van der Waals surface area contributed by atoms with Crippen molar-refractivity contribution in [1.82, 2.24) is 20.5 Å². The lowest BCUT2D eigenvalue weighted by atomic mass is 10.2. The number of pyridine rings is 1. The van der Waals surface area contributed by atoms with Crippen molar-refractivity contribution in [1.29, 1.82) is 0 Å². The zero-order valence-corrected chi connectivity index (χ0v) is 16.0. The average Bonchev–Trinajstić information content (AvgIpc) is 2.61. The molecule has 7 heteroatoms. The molecule has 0 aliphatic carbocycles. The summed E-state index contributed by atoms with van der Waals surface area (Å²) in [5.74, 6) is 1.86. The van der Waals surface area contributed by atoms with Crippen molar-refractivity contribution in [3.8, 4) is 0 Å². The molecular weight excluding hydrogens is 316 g/mol. The highest BCUT2D eigenvalue weighted by Crippen LogP contribution is 2.15. The van der Waals surface area contributed by atoms with E-state index in [1.165, 1.54) is 5.56 Å². The van der Waals surface area contributed by atoms with E-state index in [1.807, 2.05) is 12.3 Å². The molecule has 1 aromatic rings. The summed E-state index contributed by atoms with van der Waals surface area (Å²) in [4.78, 5) is 13.9. The Labute approximate surface area is 151 Å². The molecule has 1 saturated heterocycles. The number of hydrogen-bond acceptors (Lipinski definition) is 5. The minimum Gasteiger partial charge on any atom is -0.383 e. The van der Waals surface area contributed by atoms with Crippen LogP contribution in [-0.2, 0) is 11.3 Å². The van der Waals surface area contributed by atoms with Crippen LogP contribution < -0.4 is 15.5 Å². The number of aliphatic imine (C=N–C) groups is 1. The number of guanidine groups is 1. The summed E-state index contributed by atoms with van der Waals surface area (Å²) >= 11 is 0. The van der Waals surface area contributed by atoms with Gasteiger partial charge in [0.15, 0.2) is 5.96 Å². The maximum absolute atomic E-state index is 5.17. The molecule has 1 atom stereocenters. The Morgan fingerprint density at radius 2 is 2.12 bits per heavy atom. The van der Waals surface area contributed by atoms with E-state index in [1.54, 1.807) is 7.11 Å². The number of nitrogens with zero attached hydrogens (tertiary/aromatic N) is 4. The van der Waals surface area contributed by atoms with Crippen molar-refractivity contribution in [3.05, 3.63) is 23.9 Å². The highest BCUT2D eigenvalue weighted by atomic mass is 16.5. The summed E-state index contributed by atoms with van der Waals surface area (Å²) in [5, 5.41) is 6.63. The maximum Gasteiger partial charge on any atom is 0.191 e. The SMILES string of the molecule is CCNC(=NCc1ccnc(N2CCN(C)CC2)c1)NC(C)COC. The van der Waals surface area contributed by atoms with Crippen molar-refractivity contribution < 1.29 is 4.74 Å². The third-order valence-electron chi connectivity index (χ3n) is 4.20. The number of hydrogen-bond donors (Lipinski definition) is 2. The number of aromatic nitrogens is 1. The molecule has 1 aliphatic rings. The fraction of sp³-hybridized carbons (Fsp3) is 0.667. The summed E-state index contributed by atoms with van der Waals surface area (Å²) in [7, 11) is 3.87. The summed E-state index contributed by atoms with van der Waals surface area (Å²) in [6.45, 7) is 10.4. The Hall–Kier alpha value is -1.86. The highest BCUT2D eigenvalue weighted by molar-refractivity contribution is 5.80. The first kappa shape index (κ1) is 19.5. The third kappa shape index (κ3) is 6.51. The number of rotatable bonds is 7. The van der Waals surface area contributed by atoms with E-state index in [0.717, 1.165) is 44.5 Å². The second-order valence-corrected chi connectivity index (χ2v) is 6.51. The van der Waals surface area contributed by atoms with Crippen LogP contribution in [0.3, 0.4) is 0 Å². The monoisotopic (exact) mass is 348 g/mol. The molecule has 1 aliphatic heterocycles. The molecule has 2 heterocycles. The first-order valence-corrected chi connectivity index (χ1v) is 9.04. The van der Waals surface area contributed by atoms with E-state index in [0.29, 0.717) is 13.2 Å². The van der Waals surface area contributed by atoms with Gasteiger partial charge < -0.3 is 25.2 Å². The van der Waals surface area contributed by atoms with Crippen LogP contribution in [0.5, 0.6) is 0 Å². The minimum atomic E-state index is 0.209. The lowest BCUT2D eigenvalue weighted by molar-refractivity contribution is 0.179. The van der Waals surface area contributed by atoms with Crippen molar-refractivity contribution >= 4 is 11.8 Å². The zero-order valence-electron chi connectivity index (χ0n) is 16.0. The summed E-state index contributed by atoms with van der Waals surface area (Å²) in [6.07, 6.45) is 1.88. The molecule has 25 heavy (non-hydrogen) atoms. The molecule has 2 rings (SSSR count). The second kappa shape index (κ2) is 10.2. The Morgan fingerprint density at radius 1 is 1.36 bits per heavy atom. The third-order valence-corrected chi connectivity index (χ3v) is 4.20. The van der Waals surface area contributed by atoms with Crippen LogP contribution in [0.25, 0.3) is 0 Å². The van der Waals surface area contributed by atoms with Gasteiger partial charge in [-0.25, -0.2) is 9.98 Å². The predicted octanol–water partition coefficient (Wildman–Crippen LogP) is 0.923. The van der Waals surface area contributed by atoms with Gasteiger partial charge in [0.1, 0.15) is 5.82 Å². The first-order valence-electron chi connectivity index (χ1n) is 9.04. The Balaban J connectivity index is 1.99. The topological polar surface area (TPSA) is 65.0 Å². The highest BCUT2D eigenvalue weighted by Gasteiger charge is 2.15. The lowest BCUT2D eigenvalue weighted by Gasteiger charge is -2.33. The van der Waals surface area contributed by atoms with Gasteiger partial charge in [-0.2, -0.15) is 0 Å². The molecule has 0 amide bonds. The van der Waals surface area contributed by atoms with Crippen LogP contribution in [0.15, 0.2) is 23.3 Å². The Kier molecular flexibility index (Phi) is 7.94. The molecule has 1 fully saturated rings. The largest absolute Gasteiger partial charge is 0.383 e. The fourth-order valence-corrected chi connectivity index (χ4v) is 2.78. The first-order chi connectivity index (χ1) is 12.1. The van der Waals surface area contributed by atoms with Crippen molar-refractivity contribution in [3.63, 3.8) is 0 Å². The van der Waals surface area contributed by atoms with Gasteiger partial charge in [0.2, 0.25) is 0 Å². The molecule has 1 unspecified atom stereocenters. The number of piperazine rings is 1. The normalized spacial score (nSPS) is 17.4. The van der Waals surface area contributed by atoms with E-state index in [2.05, 4.69) is 57.4 Å². The van der Waals surface area contributed by atoms with Gasteiger partial charge in [-0.05, 0) is 38.6 Å². The van der Waals surface area contributed by atoms with Gasteiger partial charge in [0.05, 0.1) is 13.2 Å². The van der Waals surface area contributed by atoms with Gasteiger partial charge in [-0.3, -0.25) is 0 Å². The summed E-state index contributed by atoms with van der Waals surface area (Å²) in [5.41, 5.74) is 1.17. The molecule has 2 N–H and O–H groups in total. The Morgan fingerprint density at radius 3 is 2.80 bits per heavy atom. The van der Waals surface area contributed by atoms with E-state index in [4.69, 9.17) is 4.74 Å². The zero-order chi connectivity index (χ0) is 18.1. The number of nitrogens with one attached hydrogen (secondary N) is 2. The number of ether oxygens (including phenoxy) is 1. The van der Waals surface area contributed by atoms with Gasteiger partial charge in [-0.1, -0.05) is 0 Å². The van der Waals surface area contributed by atoms with Gasteiger partial charge in [0, 0.05) is 52.1 Å². The fourth-order valence-electron chi connectivity index (χ4n) is 2.78.